The molecule has 0 saturated carbocycles. The molecule has 0 saturated heterocycles. The lowest BCUT2D eigenvalue weighted by Crippen LogP contribution is -2.15. The van der Waals surface area contributed by atoms with Crippen LogP contribution in [0, 0.1) is 11.3 Å². The Bertz CT molecular complexity index is 761. The van der Waals surface area contributed by atoms with Crippen molar-refractivity contribution in [3.63, 3.8) is 0 Å². The number of nitrogens with one attached hydrogen (secondary N) is 1. The van der Waals surface area contributed by atoms with E-state index < -0.39 is 11.9 Å². The van der Waals surface area contributed by atoms with E-state index in [-0.39, 0.29) is 16.8 Å². The zero-order valence-electron chi connectivity index (χ0n) is 11.8. The van der Waals surface area contributed by atoms with Gasteiger partial charge in [-0.3, -0.25) is 4.79 Å². The zero-order chi connectivity index (χ0) is 16.1. The van der Waals surface area contributed by atoms with Crippen molar-refractivity contribution in [1.82, 2.24) is 0 Å². The second kappa shape index (κ2) is 6.41. The van der Waals surface area contributed by atoms with E-state index in [1.54, 1.807) is 24.3 Å². The van der Waals surface area contributed by atoms with Gasteiger partial charge >= 0.3 is 5.97 Å². The van der Waals surface area contributed by atoms with Crippen LogP contribution in [0.2, 0.25) is 0 Å². The number of nitrogens with zero attached hydrogens (tertiary/aromatic N) is 1. The topological polar surface area (TPSA) is 105 Å². The second-order valence-electron chi connectivity index (χ2n) is 4.44. The first kappa shape index (κ1) is 15.1. The standard InChI is InChI=1S/C16H13N3O3/c1-22-16(21)11-4-7-14(18)13(8-11)15(20)19-12-5-2-10(9-17)3-6-12/h2-8H,18H2,1H3,(H,19,20). The van der Waals surface area contributed by atoms with Crippen LogP contribution in [0.1, 0.15) is 26.3 Å². The molecule has 0 bridgehead atoms. The van der Waals surface area contributed by atoms with Gasteiger partial charge in [0.15, 0.2) is 0 Å². The van der Waals surface area contributed by atoms with E-state index in [0.717, 1.165) is 0 Å². The predicted molar refractivity (Wildman–Crippen MR) is 81.3 cm³/mol. The maximum absolute atomic E-state index is 12.2. The highest BCUT2D eigenvalue weighted by Gasteiger charge is 2.14. The molecule has 0 radical (unpaired) electrons. The van der Waals surface area contributed by atoms with Gasteiger partial charge in [-0.2, -0.15) is 5.26 Å². The molecule has 0 heterocycles. The first-order valence-electron chi connectivity index (χ1n) is 6.34. The molecule has 110 valence electrons. The lowest BCUT2D eigenvalue weighted by Gasteiger charge is -2.09. The summed E-state index contributed by atoms with van der Waals surface area (Å²) in [7, 11) is 1.26. The van der Waals surface area contributed by atoms with E-state index in [9.17, 15) is 9.59 Å². The van der Waals surface area contributed by atoms with Gasteiger partial charge in [0.25, 0.3) is 5.91 Å². The van der Waals surface area contributed by atoms with Crippen molar-refractivity contribution >= 4 is 23.3 Å². The Hall–Kier alpha value is -3.33. The van der Waals surface area contributed by atoms with E-state index in [1.807, 2.05) is 6.07 Å². The molecule has 0 aromatic heterocycles. The van der Waals surface area contributed by atoms with E-state index in [2.05, 4.69) is 10.1 Å². The summed E-state index contributed by atoms with van der Waals surface area (Å²) in [6.07, 6.45) is 0. The van der Waals surface area contributed by atoms with Crippen LogP contribution in [0.4, 0.5) is 11.4 Å². The van der Waals surface area contributed by atoms with Gasteiger partial charge in [0.2, 0.25) is 0 Å². The number of nitriles is 1. The maximum Gasteiger partial charge on any atom is 0.337 e. The third-order valence-electron chi connectivity index (χ3n) is 2.99. The molecular formula is C16H13N3O3. The van der Waals surface area contributed by atoms with Crippen molar-refractivity contribution in [2.24, 2.45) is 0 Å². The molecular weight excluding hydrogens is 282 g/mol. The highest BCUT2D eigenvalue weighted by Crippen LogP contribution is 2.17. The van der Waals surface area contributed by atoms with Crippen molar-refractivity contribution in [3.8, 4) is 6.07 Å². The summed E-state index contributed by atoms with van der Waals surface area (Å²) in [6, 6.07) is 12.7. The summed E-state index contributed by atoms with van der Waals surface area (Å²) in [5.74, 6) is -1.000. The summed E-state index contributed by atoms with van der Waals surface area (Å²) in [5, 5.41) is 11.4. The molecule has 2 rings (SSSR count). The quantitative estimate of drug-likeness (QED) is 0.667. The fourth-order valence-corrected chi connectivity index (χ4v) is 1.82. The Morgan fingerprint density at radius 2 is 1.86 bits per heavy atom. The van der Waals surface area contributed by atoms with Crippen LogP contribution < -0.4 is 11.1 Å². The number of ether oxygens (including phenoxy) is 1. The molecule has 0 unspecified atom stereocenters. The van der Waals surface area contributed by atoms with Crippen LogP contribution in [0.5, 0.6) is 0 Å². The Morgan fingerprint density at radius 1 is 1.18 bits per heavy atom. The number of benzene rings is 2. The molecule has 0 fully saturated rings. The average Bonchev–Trinajstić information content (AvgIpc) is 2.55. The fraction of sp³-hybridized carbons (Fsp3) is 0.0625. The van der Waals surface area contributed by atoms with Crippen molar-refractivity contribution < 1.29 is 14.3 Å². The number of nitrogen functional groups attached to an aromatic ring is 1. The van der Waals surface area contributed by atoms with Gasteiger partial charge in [-0.1, -0.05) is 0 Å². The minimum atomic E-state index is -0.549. The first-order chi connectivity index (χ1) is 10.5. The predicted octanol–water partition coefficient (Wildman–Crippen LogP) is 2.18. The number of carbonyl (C=O) groups excluding carboxylic acids is 2. The van der Waals surface area contributed by atoms with Crippen LogP contribution in [-0.4, -0.2) is 19.0 Å². The zero-order valence-corrected chi connectivity index (χ0v) is 11.8. The summed E-state index contributed by atoms with van der Waals surface area (Å²) in [4.78, 5) is 23.7. The van der Waals surface area contributed by atoms with Gasteiger partial charge in [0.05, 0.1) is 29.9 Å². The Labute approximate surface area is 127 Å². The molecule has 1 amide bonds. The minimum absolute atomic E-state index is 0.173. The molecule has 0 atom stereocenters. The van der Waals surface area contributed by atoms with Gasteiger partial charge in [-0.15, -0.1) is 0 Å². The number of anilines is 2. The monoisotopic (exact) mass is 295 g/mol. The van der Waals surface area contributed by atoms with Crippen LogP contribution >= 0.6 is 0 Å². The summed E-state index contributed by atoms with van der Waals surface area (Å²) < 4.78 is 4.61. The molecule has 0 spiro atoms. The summed E-state index contributed by atoms with van der Waals surface area (Å²) >= 11 is 0. The number of hydrogen-bond donors (Lipinski definition) is 2. The van der Waals surface area contributed by atoms with E-state index >= 15 is 0 Å². The van der Waals surface area contributed by atoms with Gasteiger partial charge in [0.1, 0.15) is 0 Å². The minimum Gasteiger partial charge on any atom is -0.465 e. The fourth-order valence-electron chi connectivity index (χ4n) is 1.82. The number of carbonyl (C=O) groups is 2. The number of amides is 1. The molecule has 2 aromatic rings. The van der Waals surface area contributed by atoms with Crippen molar-refractivity contribution in [2.75, 3.05) is 18.2 Å². The van der Waals surface area contributed by atoms with Crippen molar-refractivity contribution in [2.45, 2.75) is 0 Å². The van der Waals surface area contributed by atoms with Crippen LogP contribution in [0.3, 0.4) is 0 Å². The molecule has 22 heavy (non-hydrogen) atoms. The Morgan fingerprint density at radius 3 is 2.45 bits per heavy atom. The highest BCUT2D eigenvalue weighted by atomic mass is 16.5. The smallest absolute Gasteiger partial charge is 0.337 e. The number of esters is 1. The molecule has 0 aliphatic rings. The largest absolute Gasteiger partial charge is 0.465 e. The van der Waals surface area contributed by atoms with Crippen LogP contribution in [0.15, 0.2) is 42.5 Å². The molecule has 3 N–H and O–H groups in total. The summed E-state index contributed by atoms with van der Waals surface area (Å²) in [5.41, 5.74) is 7.45. The lowest BCUT2D eigenvalue weighted by atomic mass is 10.1. The normalized spacial score (nSPS) is 9.64. The highest BCUT2D eigenvalue weighted by molar-refractivity contribution is 6.09. The number of nitrogens with two attached hydrogens (primary N) is 1. The Balaban J connectivity index is 2.25. The van der Waals surface area contributed by atoms with Crippen LogP contribution in [0.25, 0.3) is 0 Å². The maximum atomic E-state index is 12.2. The summed E-state index contributed by atoms with van der Waals surface area (Å²) in [6.45, 7) is 0. The Kier molecular flexibility index (Phi) is 4.39. The van der Waals surface area contributed by atoms with E-state index in [1.165, 1.54) is 25.3 Å². The third kappa shape index (κ3) is 3.22. The number of rotatable bonds is 3. The van der Waals surface area contributed by atoms with Crippen LogP contribution in [-0.2, 0) is 4.74 Å². The number of hydrogen-bond acceptors (Lipinski definition) is 5. The average molecular weight is 295 g/mol. The third-order valence-corrected chi connectivity index (χ3v) is 2.99. The van der Waals surface area contributed by atoms with Gasteiger partial charge in [-0.25, -0.2) is 4.79 Å². The molecule has 6 nitrogen and oxygen atoms in total. The first-order valence-corrected chi connectivity index (χ1v) is 6.34. The van der Waals surface area contributed by atoms with Gasteiger partial charge in [0, 0.05) is 11.4 Å². The van der Waals surface area contributed by atoms with E-state index in [4.69, 9.17) is 11.0 Å². The van der Waals surface area contributed by atoms with Crippen molar-refractivity contribution in [3.05, 3.63) is 59.2 Å². The van der Waals surface area contributed by atoms with Crippen molar-refractivity contribution in [1.29, 1.82) is 5.26 Å². The van der Waals surface area contributed by atoms with Gasteiger partial charge in [-0.05, 0) is 42.5 Å². The van der Waals surface area contributed by atoms with Gasteiger partial charge < -0.3 is 15.8 Å². The molecule has 6 heteroatoms. The molecule has 0 aliphatic carbocycles. The van der Waals surface area contributed by atoms with E-state index in [0.29, 0.717) is 11.3 Å². The second-order valence-corrected chi connectivity index (χ2v) is 4.44. The molecule has 2 aromatic carbocycles. The molecule has 0 aliphatic heterocycles. The SMILES string of the molecule is COC(=O)c1ccc(N)c(C(=O)Nc2ccc(C#N)cc2)c1. The lowest BCUT2D eigenvalue weighted by molar-refractivity contribution is 0.0601. The number of methoxy groups -OCH3 is 1.